The molecule has 0 amide bonds. The summed E-state index contributed by atoms with van der Waals surface area (Å²) in [6, 6.07) is 6.26. The van der Waals surface area contributed by atoms with Crippen LogP contribution in [0.3, 0.4) is 0 Å². The second kappa shape index (κ2) is 8.80. The minimum atomic E-state index is -4.42. The highest BCUT2D eigenvalue weighted by Gasteiger charge is 2.31. The highest BCUT2D eigenvalue weighted by atomic mass is 127. The fourth-order valence-corrected chi connectivity index (χ4v) is 2.75. The maximum Gasteiger partial charge on any atom is 0.417 e. The molecule has 0 radical (unpaired) electrons. The summed E-state index contributed by atoms with van der Waals surface area (Å²) >= 11 is 0. The normalized spacial score (nSPS) is 12.1. The Morgan fingerprint density at radius 2 is 2.00 bits per heavy atom. The van der Waals surface area contributed by atoms with E-state index in [1.54, 1.807) is 7.05 Å². The molecule has 0 atom stereocenters. The van der Waals surface area contributed by atoms with E-state index in [9.17, 15) is 13.2 Å². The molecule has 0 fully saturated rings. The SMILES string of the molecule is CN=C(NCc1nnc2ccc(C(F)(F)F)cn12)N(C)Cc1cccn1C.I. The first kappa shape index (κ1) is 22.0. The van der Waals surface area contributed by atoms with Crippen molar-refractivity contribution in [2.45, 2.75) is 19.3 Å². The number of aryl methyl sites for hydroxylation is 1. The van der Waals surface area contributed by atoms with Crippen molar-refractivity contribution in [3.05, 3.63) is 53.7 Å². The maximum atomic E-state index is 12.9. The predicted octanol–water partition coefficient (Wildman–Crippen LogP) is 2.91. The van der Waals surface area contributed by atoms with Gasteiger partial charge in [-0.1, -0.05) is 0 Å². The van der Waals surface area contributed by atoms with E-state index < -0.39 is 11.7 Å². The van der Waals surface area contributed by atoms with Gasteiger partial charge in [0.25, 0.3) is 0 Å². The number of guanidine groups is 1. The van der Waals surface area contributed by atoms with Gasteiger partial charge < -0.3 is 14.8 Å². The summed E-state index contributed by atoms with van der Waals surface area (Å²) < 4.78 is 42.2. The molecular formula is C17H21F3IN7. The average Bonchev–Trinajstić information content (AvgIpc) is 3.21. The van der Waals surface area contributed by atoms with Gasteiger partial charge in [0.1, 0.15) is 0 Å². The molecule has 11 heteroatoms. The number of fused-ring (bicyclic) bond motifs is 1. The first-order valence-electron chi connectivity index (χ1n) is 8.22. The van der Waals surface area contributed by atoms with Crippen LogP contribution in [0.5, 0.6) is 0 Å². The summed E-state index contributed by atoms with van der Waals surface area (Å²) in [5, 5.41) is 11.0. The Labute approximate surface area is 177 Å². The van der Waals surface area contributed by atoms with E-state index in [0.29, 0.717) is 24.0 Å². The van der Waals surface area contributed by atoms with Gasteiger partial charge in [0.2, 0.25) is 0 Å². The first-order chi connectivity index (χ1) is 12.8. The molecule has 0 aromatic carbocycles. The van der Waals surface area contributed by atoms with Gasteiger partial charge in [0.05, 0.1) is 18.7 Å². The van der Waals surface area contributed by atoms with E-state index in [0.717, 1.165) is 18.0 Å². The zero-order chi connectivity index (χ0) is 19.6. The topological polar surface area (TPSA) is 62.8 Å². The molecule has 0 aliphatic rings. The average molecular weight is 507 g/mol. The zero-order valence-electron chi connectivity index (χ0n) is 15.6. The number of nitrogens with zero attached hydrogens (tertiary/aromatic N) is 6. The van der Waals surface area contributed by atoms with Crippen molar-refractivity contribution in [1.29, 1.82) is 0 Å². The van der Waals surface area contributed by atoms with E-state index in [1.165, 1.54) is 10.5 Å². The van der Waals surface area contributed by atoms with Gasteiger partial charge in [-0.25, -0.2) is 0 Å². The number of hydrogen-bond acceptors (Lipinski definition) is 3. The Balaban J connectivity index is 0.00000280. The van der Waals surface area contributed by atoms with Crippen LogP contribution in [0.15, 0.2) is 41.7 Å². The molecule has 1 N–H and O–H groups in total. The summed E-state index contributed by atoms with van der Waals surface area (Å²) in [6.45, 7) is 0.814. The number of rotatable bonds is 4. The summed E-state index contributed by atoms with van der Waals surface area (Å²) in [5.74, 6) is 0.962. The molecule has 0 aliphatic carbocycles. The van der Waals surface area contributed by atoms with Crippen molar-refractivity contribution in [3.8, 4) is 0 Å². The number of hydrogen-bond donors (Lipinski definition) is 1. The number of nitrogens with one attached hydrogen (secondary N) is 1. The number of aliphatic imine (C=N–C) groups is 1. The Morgan fingerprint density at radius 1 is 1.25 bits per heavy atom. The van der Waals surface area contributed by atoms with Gasteiger partial charge in [-0.15, -0.1) is 34.2 Å². The van der Waals surface area contributed by atoms with Crippen molar-refractivity contribution in [1.82, 2.24) is 29.4 Å². The van der Waals surface area contributed by atoms with Crippen LogP contribution in [0.25, 0.3) is 5.65 Å². The molecule has 3 heterocycles. The molecule has 0 aliphatic heterocycles. The highest BCUT2D eigenvalue weighted by molar-refractivity contribution is 14.0. The van der Waals surface area contributed by atoms with Gasteiger partial charge >= 0.3 is 6.18 Å². The van der Waals surface area contributed by atoms with Crippen LogP contribution in [0.4, 0.5) is 13.2 Å². The lowest BCUT2D eigenvalue weighted by Gasteiger charge is -2.22. The molecule has 0 bridgehead atoms. The van der Waals surface area contributed by atoms with Crippen LogP contribution in [-0.4, -0.2) is 44.1 Å². The standard InChI is InChI=1S/C17H20F3N7.HI/c1-21-16(26(3)11-13-5-4-8-25(13)2)22-9-15-24-23-14-7-6-12(10-27(14)15)17(18,19)20;/h4-8,10H,9,11H2,1-3H3,(H,21,22);1H. The van der Waals surface area contributed by atoms with Crippen LogP contribution in [0, 0.1) is 0 Å². The van der Waals surface area contributed by atoms with Crippen LogP contribution in [-0.2, 0) is 26.3 Å². The molecular weight excluding hydrogens is 486 g/mol. The lowest BCUT2D eigenvalue weighted by Crippen LogP contribution is -2.38. The van der Waals surface area contributed by atoms with Crippen molar-refractivity contribution >= 4 is 35.6 Å². The lowest BCUT2D eigenvalue weighted by atomic mass is 10.3. The third kappa shape index (κ3) is 4.75. The van der Waals surface area contributed by atoms with E-state index >= 15 is 0 Å². The Kier molecular flexibility index (Phi) is 6.91. The van der Waals surface area contributed by atoms with Gasteiger partial charge in [0.15, 0.2) is 17.4 Å². The number of aromatic nitrogens is 4. The first-order valence-corrected chi connectivity index (χ1v) is 8.22. The fraction of sp³-hybridized carbons (Fsp3) is 0.353. The minimum Gasteiger partial charge on any atom is -0.353 e. The monoisotopic (exact) mass is 507 g/mol. The molecule has 152 valence electrons. The van der Waals surface area contributed by atoms with Crippen LogP contribution >= 0.6 is 24.0 Å². The third-order valence-electron chi connectivity index (χ3n) is 4.23. The van der Waals surface area contributed by atoms with E-state index in [1.807, 2.05) is 41.9 Å². The molecule has 7 nitrogen and oxygen atoms in total. The van der Waals surface area contributed by atoms with Crippen molar-refractivity contribution in [2.24, 2.45) is 12.0 Å². The van der Waals surface area contributed by atoms with E-state index in [4.69, 9.17) is 0 Å². The smallest absolute Gasteiger partial charge is 0.353 e. The van der Waals surface area contributed by atoms with Gasteiger partial charge in [-0.05, 0) is 24.3 Å². The quantitative estimate of drug-likeness (QED) is 0.335. The van der Waals surface area contributed by atoms with Crippen LogP contribution in [0.1, 0.15) is 17.1 Å². The molecule has 0 unspecified atom stereocenters. The Hall–Kier alpha value is -2.31. The molecule has 0 saturated heterocycles. The Morgan fingerprint density at radius 3 is 2.61 bits per heavy atom. The predicted molar refractivity (Wildman–Crippen MR) is 110 cm³/mol. The van der Waals surface area contributed by atoms with E-state index in [-0.39, 0.29) is 30.5 Å². The highest BCUT2D eigenvalue weighted by Crippen LogP contribution is 2.29. The molecule has 0 saturated carbocycles. The number of alkyl halides is 3. The summed E-state index contributed by atoms with van der Waals surface area (Å²) in [4.78, 5) is 6.14. The number of halogens is 4. The van der Waals surface area contributed by atoms with E-state index in [2.05, 4.69) is 20.5 Å². The van der Waals surface area contributed by atoms with Gasteiger partial charge in [-0.3, -0.25) is 9.39 Å². The fourth-order valence-electron chi connectivity index (χ4n) is 2.75. The van der Waals surface area contributed by atoms with Gasteiger partial charge in [0, 0.05) is 39.2 Å². The summed E-state index contributed by atoms with van der Waals surface area (Å²) in [7, 11) is 5.49. The summed E-state index contributed by atoms with van der Waals surface area (Å²) in [5.41, 5.74) is 0.705. The molecule has 28 heavy (non-hydrogen) atoms. The van der Waals surface area contributed by atoms with Crippen molar-refractivity contribution in [2.75, 3.05) is 14.1 Å². The van der Waals surface area contributed by atoms with Crippen LogP contribution in [0.2, 0.25) is 0 Å². The number of pyridine rings is 1. The zero-order valence-corrected chi connectivity index (χ0v) is 17.9. The van der Waals surface area contributed by atoms with Crippen molar-refractivity contribution in [3.63, 3.8) is 0 Å². The molecule has 3 aromatic heterocycles. The minimum absolute atomic E-state index is 0. The molecule has 3 aromatic rings. The Bertz CT molecular complexity index is 961. The van der Waals surface area contributed by atoms with Gasteiger partial charge in [-0.2, -0.15) is 13.2 Å². The summed E-state index contributed by atoms with van der Waals surface area (Å²) in [6.07, 6.45) is -1.46. The second-order valence-electron chi connectivity index (χ2n) is 6.13. The van der Waals surface area contributed by atoms with Crippen molar-refractivity contribution < 1.29 is 13.2 Å². The lowest BCUT2D eigenvalue weighted by molar-refractivity contribution is -0.137. The molecule has 0 spiro atoms. The molecule has 3 rings (SSSR count). The van der Waals surface area contributed by atoms with Crippen LogP contribution < -0.4 is 5.32 Å². The third-order valence-corrected chi connectivity index (χ3v) is 4.23. The maximum absolute atomic E-state index is 12.9. The largest absolute Gasteiger partial charge is 0.417 e. The second-order valence-corrected chi connectivity index (χ2v) is 6.13.